The standard InChI is InChI=1S/C24H32O8S.C2H6/c1-33(2,3)15-14-29-24(23(28)32-22(27)19-12-8-5-9-13-19)31-17-20(25)16-30-21(26)18-10-6-4-7-11-18;1-2/h4-13,20,23-25,28H,14-17H2,1-3H3;1-2H3/t20?,23-,24?;/m0./s1. The average Bonchev–Trinajstić information content (AvgIpc) is 2.86. The summed E-state index contributed by atoms with van der Waals surface area (Å²) in [5, 5.41) is 20.5. The molecule has 2 unspecified atom stereocenters. The van der Waals surface area contributed by atoms with Crippen LogP contribution in [0.3, 0.4) is 0 Å². The second kappa shape index (κ2) is 16.3. The summed E-state index contributed by atoms with van der Waals surface area (Å²) < 4.78 is 21.2. The molecule has 0 heterocycles. The van der Waals surface area contributed by atoms with Gasteiger partial charge in [-0.15, -0.1) is 0 Å². The highest BCUT2D eigenvalue weighted by molar-refractivity contribution is 8.32. The second-order valence-corrected chi connectivity index (χ2v) is 12.7. The van der Waals surface area contributed by atoms with Crippen molar-refractivity contribution < 1.29 is 38.7 Å². The van der Waals surface area contributed by atoms with E-state index in [9.17, 15) is 19.8 Å². The molecule has 35 heavy (non-hydrogen) atoms. The van der Waals surface area contributed by atoms with Crippen molar-refractivity contribution in [2.75, 3.05) is 44.3 Å². The van der Waals surface area contributed by atoms with Crippen LogP contribution in [-0.4, -0.2) is 85.2 Å². The van der Waals surface area contributed by atoms with Crippen LogP contribution in [0.5, 0.6) is 0 Å². The minimum absolute atomic E-state index is 0.266. The van der Waals surface area contributed by atoms with E-state index in [4.69, 9.17) is 18.9 Å². The van der Waals surface area contributed by atoms with Gasteiger partial charge in [-0.05, 0) is 43.0 Å². The van der Waals surface area contributed by atoms with Crippen molar-refractivity contribution >= 4 is 22.0 Å². The van der Waals surface area contributed by atoms with Crippen LogP contribution in [0.1, 0.15) is 34.6 Å². The number of aliphatic hydroxyl groups excluding tert-OH is 2. The van der Waals surface area contributed by atoms with Gasteiger partial charge < -0.3 is 29.2 Å². The summed E-state index contributed by atoms with van der Waals surface area (Å²) in [6, 6.07) is 16.6. The Hall–Kier alpha value is -2.43. The number of hydrogen-bond acceptors (Lipinski definition) is 8. The molecule has 0 spiro atoms. The zero-order valence-corrected chi connectivity index (χ0v) is 21.9. The quantitative estimate of drug-likeness (QED) is 0.311. The van der Waals surface area contributed by atoms with E-state index in [1.165, 1.54) is 0 Å². The molecule has 9 heteroatoms. The van der Waals surface area contributed by atoms with Gasteiger partial charge >= 0.3 is 11.9 Å². The van der Waals surface area contributed by atoms with Crippen LogP contribution < -0.4 is 0 Å². The van der Waals surface area contributed by atoms with E-state index >= 15 is 0 Å². The first-order valence-corrected chi connectivity index (χ1v) is 14.4. The van der Waals surface area contributed by atoms with Crippen LogP contribution in [0.4, 0.5) is 0 Å². The third-order valence-corrected chi connectivity index (χ3v) is 5.71. The van der Waals surface area contributed by atoms with E-state index in [2.05, 4.69) is 18.8 Å². The molecule has 0 radical (unpaired) electrons. The largest absolute Gasteiger partial charge is 0.459 e. The monoisotopic (exact) mass is 510 g/mol. The number of esters is 2. The SMILES string of the molecule is CC.CS(C)(C)CCOC(OCC(O)COC(=O)c1ccccc1)[C@@H](O)OC(=O)c1ccccc1. The molecule has 2 aromatic rings. The van der Waals surface area contributed by atoms with Gasteiger partial charge in [0.05, 0.1) is 24.3 Å². The summed E-state index contributed by atoms with van der Waals surface area (Å²) in [6.45, 7) is 3.64. The molecular weight excluding hydrogens is 472 g/mol. The summed E-state index contributed by atoms with van der Waals surface area (Å²) in [5.41, 5.74) is 0.627. The average molecular weight is 511 g/mol. The van der Waals surface area contributed by atoms with Crippen molar-refractivity contribution in [3.05, 3.63) is 71.8 Å². The Balaban J connectivity index is 0.00000298. The van der Waals surface area contributed by atoms with Crippen molar-refractivity contribution in [3.63, 3.8) is 0 Å². The number of ether oxygens (including phenoxy) is 4. The van der Waals surface area contributed by atoms with Crippen LogP contribution in [0.15, 0.2) is 60.7 Å². The van der Waals surface area contributed by atoms with Crippen molar-refractivity contribution in [1.82, 2.24) is 0 Å². The van der Waals surface area contributed by atoms with Crippen LogP contribution in [0, 0.1) is 0 Å². The Morgan fingerprint density at radius 3 is 1.83 bits per heavy atom. The van der Waals surface area contributed by atoms with Crippen molar-refractivity contribution in [3.8, 4) is 0 Å². The molecule has 2 N–H and O–H groups in total. The predicted molar refractivity (Wildman–Crippen MR) is 138 cm³/mol. The van der Waals surface area contributed by atoms with E-state index in [1.54, 1.807) is 60.7 Å². The minimum atomic E-state index is -1.72. The van der Waals surface area contributed by atoms with Gasteiger partial charge in [-0.3, -0.25) is 0 Å². The highest BCUT2D eigenvalue weighted by Crippen LogP contribution is 2.33. The third kappa shape index (κ3) is 12.7. The fourth-order valence-corrected chi connectivity index (χ4v) is 3.11. The Bertz CT molecular complexity index is 855. The molecule has 0 fully saturated rings. The number of rotatable bonds is 13. The molecule has 0 aromatic heterocycles. The molecule has 0 aliphatic carbocycles. The summed E-state index contributed by atoms with van der Waals surface area (Å²) >= 11 is 0. The maximum absolute atomic E-state index is 12.2. The number of benzene rings is 2. The van der Waals surface area contributed by atoms with Gasteiger partial charge in [0, 0.05) is 5.75 Å². The number of aliphatic hydroxyl groups is 2. The summed E-state index contributed by atoms with van der Waals surface area (Å²) in [5.74, 6) is -0.574. The zero-order valence-electron chi connectivity index (χ0n) is 21.1. The maximum Gasteiger partial charge on any atom is 0.340 e. The zero-order chi connectivity index (χ0) is 26.3. The van der Waals surface area contributed by atoms with Gasteiger partial charge in [0.25, 0.3) is 6.29 Å². The normalized spacial score (nSPS) is 14.0. The van der Waals surface area contributed by atoms with E-state index in [0.29, 0.717) is 5.56 Å². The van der Waals surface area contributed by atoms with Crippen molar-refractivity contribution in [1.29, 1.82) is 0 Å². The van der Waals surface area contributed by atoms with Gasteiger partial charge in [-0.25, -0.2) is 19.6 Å². The summed E-state index contributed by atoms with van der Waals surface area (Å²) in [7, 11) is -0.864. The highest BCUT2D eigenvalue weighted by atomic mass is 32.3. The number of carbonyl (C=O) groups excluding carboxylic acids is 2. The number of hydrogen-bond donors (Lipinski definition) is 2. The molecule has 0 saturated heterocycles. The topological polar surface area (TPSA) is 112 Å². The smallest absolute Gasteiger partial charge is 0.340 e. The van der Waals surface area contributed by atoms with E-state index < -0.39 is 40.7 Å². The lowest BCUT2D eigenvalue weighted by Crippen LogP contribution is -2.39. The first-order valence-electron chi connectivity index (χ1n) is 11.4. The Morgan fingerprint density at radius 2 is 1.31 bits per heavy atom. The van der Waals surface area contributed by atoms with E-state index in [0.717, 1.165) is 5.75 Å². The van der Waals surface area contributed by atoms with Gasteiger partial charge in [0.1, 0.15) is 12.7 Å². The molecule has 0 saturated carbocycles. The van der Waals surface area contributed by atoms with Crippen LogP contribution in [-0.2, 0) is 18.9 Å². The fraction of sp³-hybridized carbons (Fsp3) is 0.462. The Morgan fingerprint density at radius 1 is 0.800 bits per heavy atom. The van der Waals surface area contributed by atoms with Crippen LogP contribution in [0.25, 0.3) is 0 Å². The number of carbonyl (C=O) groups is 2. The molecule has 8 nitrogen and oxygen atoms in total. The van der Waals surface area contributed by atoms with E-state index in [1.807, 2.05) is 13.8 Å². The lowest BCUT2D eigenvalue weighted by atomic mass is 10.2. The van der Waals surface area contributed by atoms with Crippen molar-refractivity contribution in [2.45, 2.75) is 32.5 Å². The second-order valence-electron chi connectivity index (χ2n) is 8.15. The van der Waals surface area contributed by atoms with Gasteiger partial charge in [-0.2, -0.15) is 0 Å². The first kappa shape index (κ1) is 30.6. The Labute approximate surface area is 209 Å². The molecule has 0 amide bonds. The lowest BCUT2D eigenvalue weighted by Gasteiger charge is -2.28. The molecular formula is C26H38O8S. The molecule has 2 aromatic carbocycles. The van der Waals surface area contributed by atoms with Gasteiger partial charge in [-0.1, -0.05) is 50.2 Å². The predicted octanol–water partition coefficient (Wildman–Crippen LogP) is 3.46. The molecule has 0 aliphatic heterocycles. The molecule has 2 rings (SSSR count). The maximum atomic E-state index is 12.2. The van der Waals surface area contributed by atoms with Gasteiger partial charge in [0.2, 0.25) is 6.29 Å². The van der Waals surface area contributed by atoms with Gasteiger partial charge in [0.15, 0.2) is 0 Å². The first-order chi connectivity index (χ1) is 16.7. The van der Waals surface area contributed by atoms with E-state index in [-0.39, 0.29) is 25.4 Å². The lowest BCUT2D eigenvalue weighted by molar-refractivity contribution is -0.257. The van der Waals surface area contributed by atoms with Crippen molar-refractivity contribution in [2.24, 2.45) is 0 Å². The highest BCUT2D eigenvalue weighted by Gasteiger charge is 2.27. The molecule has 3 atom stereocenters. The molecule has 196 valence electrons. The Kier molecular flexibility index (Phi) is 14.2. The summed E-state index contributed by atoms with van der Waals surface area (Å²) in [4.78, 5) is 24.2. The van der Waals surface area contributed by atoms with Crippen LogP contribution >= 0.6 is 10.0 Å². The summed E-state index contributed by atoms with van der Waals surface area (Å²) in [6.07, 6.45) is 2.13. The fourth-order valence-electron chi connectivity index (χ4n) is 2.52. The van der Waals surface area contributed by atoms with Crippen LogP contribution in [0.2, 0.25) is 0 Å². The third-order valence-electron chi connectivity index (χ3n) is 4.32. The minimum Gasteiger partial charge on any atom is -0.459 e. The molecule has 0 aliphatic rings. The molecule has 0 bridgehead atoms.